The van der Waals surface area contributed by atoms with Crippen molar-refractivity contribution in [2.75, 3.05) is 0 Å². The first-order chi connectivity index (χ1) is 8.24. The second-order valence-corrected chi connectivity index (χ2v) is 4.11. The minimum atomic E-state index is -0.109. The van der Waals surface area contributed by atoms with Gasteiger partial charge in [0.25, 0.3) is 0 Å². The number of amides is 1. The average Bonchev–Trinajstić information content (AvgIpc) is 2.73. The van der Waals surface area contributed by atoms with Crippen molar-refractivity contribution in [3.8, 4) is 0 Å². The van der Waals surface area contributed by atoms with E-state index in [9.17, 15) is 4.79 Å². The Balaban J connectivity index is 1.83. The molecule has 2 atom stereocenters. The molecule has 1 fully saturated rings. The van der Waals surface area contributed by atoms with Crippen molar-refractivity contribution in [2.45, 2.75) is 25.6 Å². The van der Waals surface area contributed by atoms with Crippen LogP contribution < -0.4 is 16.2 Å². The molecule has 5 nitrogen and oxygen atoms in total. The molecular weight excluding hydrogens is 216 g/mol. The molecule has 1 aliphatic heterocycles. The Kier molecular flexibility index (Phi) is 3.85. The van der Waals surface area contributed by atoms with E-state index >= 15 is 0 Å². The van der Waals surface area contributed by atoms with Crippen LogP contribution in [0.1, 0.15) is 18.9 Å². The number of nitrogens with one attached hydrogen (secondary N) is 3. The van der Waals surface area contributed by atoms with Gasteiger partial charge in [-0.1, -0.05) is 6.07 Å². The highest BCUT2D eigenvalue weighted by Gasteiger charge is 2.20. The normalized spacial score (nSPS) is 24.1. The summed E-state index contributed by atoms with van der Waals surface area (Å²) in [6.45, 7) is 2.06. The summed E-state index contributed by atoms with van der Waals surface area (Å²) in [5.74, 6) is -0.109. The molecule has 2 rings (SSSR count). The van der Waals surface area contributed by atoms with Crippen LogP contribution >= 0.6 is 0 Å². The zero-order valence-corrected chi connectivity index (χ0v) is 9.68. The van der Waals surface area contributed by atoms with Gasteiger partial charge >= 0.3 is 0 Å². The van der Waals surface area contributed by atoms with Crippen LogP contribution in [0.5, 0.6) is 0 Å². The van der Waals surface area contributed by atoms with E-state index < -0.39 is 0 Å². The molecule has 0 spiro atoms. The Morgan fingerprint density at radius 1 is 1.59 bits per heavy atom. The van der Waals surface area contributed by atoms with E-state index in [-0.39, 0.29) is 12.1 Å². The van der Waals surface area contributed by atoms with Gasteiger partial charge in [0.1, 0.15) is 0 Å². The van der Waals surface area contributed by atoms with E-state index in [1.807, 2.05) is 12.1 Å². The Hall–Kier alpha value is -1.72. The number of hydrogen-bond donors (Lipinski definition) is 3. The van der Waals surface area contributed by atoms with Gasteiger partial charge in [0, 0.05) is 24.5 Å². The fourth-order valence-electron chi connectivity index (χ4n) is 1.68. The third-order valence-corrected chi connectivity index (χ3v) is 2.52. The molecule has 90 valence electrons. The largest absolute Gasteiger partial charge is 0.336 e. The molecule has 1 saturated heterocycles. The average molecular weight is 232 g/mol. The number of nitrogens with zero attached hydrogens (tertiary/aromatic N) is 1. The highest BCUT2D eigenvalue weighted by Crippen LogP contribution is 2.02. The molecule has 0 aliphatic carbocycles. The standard InChI is InChI=1S/C12H16N4O/c1-9-7-11(16-15-9)14-12(17)5-4-10-3-2-6-13-8-10/h2-6,8-9,11,15-16H,7H2,1H3,(H,14,17)/b5-4+. The van der Waals surface area contributed by atoms with Crippen LogP contribution in [0.3, 0.4) is 0 Å². The van der Waals surface area contributed by atoms with E-state index in [0.717, 1.165) is 12.0 Å². The van der Waals surface area contributed by atoms with Crippen LogP contribution in [-0.4, -0.2) is 23.1 Å². The predicted molar refractivity (Wildman–Crippen MR) is 65.6 cm³/mol. The first kappa shape index (κ1) is 11.8. The van der Waals surface area contributed by atoms with Gasteiger partial charge in [-0.05, 0) is 31.1 Å². The number of rotatable bonds is 3. The summed E-state index contributed by atoms with van der Waals surface area (Å²) >= 11 is 0. The third-order valence-electron chi connectivity index (χ3n) is 2.52. The van der Waals surface area contributed by atoms with Crippen molar-refractivity contribution in [3.05, 3.63) is 36.2 Å². The Bertz CT molecular complexity index is 404. The molecule has 3 N–H and O–H groups in total. The van der Waals surface area contributed by atoms with Crippen LogP contribution in [0.4, 0.5) is 0 Å². The van der Waals surface area contributed by atoms with Gasteiger partial charge in [-0.2, -0.15) is 0 Å². The summed E-state index contributed by atoms with van der Waals surface area (Å²) < 4.78 is 0. The second kappa shape index (κ2) is 5.56. The van der Waals surface area contributed by atoms with Crippen molar-refractivity contribution < 1.29 is 4.79 Å². The SMILES string of the molecule is CC1CC(NC(=O)/C=C/c2cccnc2)NN1. The van der Waals surface area contributed by atoms with Crippen LogP contribution in [0.15, 0.2) is 30.6 Å². The molecule has 1 aromatic rings. The zero-order chi connectivity index (χ0) is 12.1. The fraction of sp³-hybridized carbons (Fsp3) is 0.333. The van der Waals surface area contributed by atoms with E-state index in [2.05, 4.69) is 28.1 Å². The van der Waals surface area contributed by atoms with Gasteiger partial charge in [0.15, 0.2) is 0 Å². The Morgan fingerprint density at radius 3 is 3.12 bits per heavy atom. The van der Waals surface area contributed by atoms with Crippen molar-refractivity contribution in [3.63, 3.8) is 0 Å². The molecule has 5 heteroatoms. The molecule has 1 amide bonds. The summed E-state index contributed by atoms with van der Waals surface area (Å²) in [5, 5.41) is 2.86. The first-order valence-corrected chi connectivity index (χ1v) is 5.64. The Labute approximate surface area is 100 Å². The molecule has 1 aliphatic rings. The molecule has 0 aromatic carbocycles. The number of carbonyl (C=O) groups is 1. The summed E-state index contributed by atoms with van der Waals surface area (Å²) in [6.07, 6.45) is 7.55. The summed E-state index contributed by atoms with van der Waals surface area (Å²) in [6, 6.07) is 4.11. The molecule has 2 heterocycles. The van der Waals surface area contributed by atoms with E-state index in [4.69, 9.17) is 0 Å². The van der Waals surface area contributed by atoms with Gasteiger partial charge in [0.2, 0.25) is 5.91 Å². The quantitative estimate of drug-likeness (QED) is 0.661. The lowest BCUT2D eigenvalue weighted by Gasteiger charge is -2.09. The van der Waals surface area contributed by atoms with Gasteiger partial charge < -0.3 is 5.32 Å². The fourth-order valence-corrected chi connectivity index (χ4v) is 1.68. The monoisotopic (exact) mass is 232 g/mol. The number of hydrazine groups is 1. The van der Waals surface area contributed by atoms with Crippen LogP contribution in [0.2, 0.25) is 0 Å². The number of hydrogen-bond acceptors (Lipinski definition) is 4. The van der Waals surface area contributed by atoms with Gasteiger partial charge in [0.05, 0.1) is 6.17 Å². The highest BCUT2D eigenvalue weighted by atomic mass is 16.1. The van der Waals surface area contributed by atoms with Gasteiger partial charge in [-0.3, -0.25) is 15.2 Å². The molecule has 1 aromatic heterocycles. The van der Waals surface area contributed by atoms with Gasteiger partial charge in [-0.15, -0.1) is 0 Å². The lowest BCUT2D eigenvalue weighted by atomic mass is 10.2. The van der Waals surface area contributed by atoms with Crippen molar-refractivity contribution in [2.24, 2.45) is 0 Å². The maximum absolute atomic E-state index is 11.6. The number of pyridine rings is 1. The summed E-state index contributed by atoms with van der Waals surface area (Å²) in [5.41, 5.74) is 6.97. The van der Waals surface area contributed by atoms with E-state index in [1.54, 1.807) is 18.5 Å². The second-order valence-electron chi connectivity index (χ2n) is 4.11. The summed E-state index contributed by atoms with van der Waals surface area (Å²) in [7, 11) is 0. The third kappa shape index (κ3) is 3.65. The maximum Gasteiger partial charge on any atom is 0.245 e. The van der Waals surface area contributed by atoms with Crippen molar-refractivity contribution in [1.82, 2.24) is 21.2 Å². The first-order valence-electron chi connectivity index (χ1n) is 5.64. The Morgan fingerprint density at radius 2 is 2.47 bits per heavy atom. The van der Waals surface area contributed by atoms with Crippen LogP contribution in [0.25, 0.3) is 6.08 Å². The lowest BCUT2D eigenvalue weighted by Crippen LogP contribution is -2.43. The summed E-state index contributed by atoms with van der Waals surface area (Å²) in [4.78, 5) is 15.6. The van der Waals surface area contributed by atoms with Crippen LogP contribution in [0, 0.1) is 0 Å². The topological polar surface area (TPSA) is 66.0 Å². The minimum Gasteiger partial charge on any atom is -0.336 e. The smallest absolute Gasteiger partial charge is 0.245 e. The number of carbonyl (C=O) groups excluding carboxylic acids is 1. The molecule has 2 unspecified atom stereocenters. The maximum atomic E-state index is 11.6. The van der Waals surface area contributed by atoms with Crippen molar-refractivity contribution >= 4 is 12.0 Å². The minimum absolute atomic E-state index is 0.00366. The lowest BCUT2D eigenvalue weighted by molar-refractivity contribution is -0.117. The highest BCUT2D eigenvalue weighted by molar-refractivity contribution is 5.91. The van der Waals surface area contributed by atoms with Crippen LogP contribution in [-0.2, 0) is 4.79 Å². The molecule has 17 heavy (non-hydrogen) atoms. The molecular formula is C12H16N4O. The zero-order valence-electron chi connectivity index (χ0n) is 9.68. The molecule has 0 bridgehead atoms. The molecule has 0 radical (unpaired) electrons. The van der Waals surface area contributed by atoms with E-state index in [0.29, 0.717) is 6.04 Å². The van der Waals surface area contributed by atoms with Crippen molar-refractivity contribution in [1.29, 1.82) is 0 Å². The number of aromatic nitrogens is 1. The predicted octanol–water partition coefficient (Wildman–Crippen LogP) is 0.423. The molecule has 0 saturated carbocycles. The van der Waals surface area contributed by atoms with Gasteiger partial charge in [-0.25, -0.2) is 5.43 Å². The van der Waals surface area contributed by atoms with E-state index in [1.165, 1.54) is 6.08 Å².